The Kier molecular flexibility index (Phi) is 4.17. The molecule has 0 saturated heterocycles. The van der Waals surface area contributed by atoms with Crippen LogP contribution in [0.25, 0.3) is 16.6 Å². The number of aromatic hydroxyl groups is 1. The van der Waals surface area contributed by atoms with Crippen molar-refractivity contribution in [1.29, 1.82) is 0 Å². The van der Waals surface area contributed by atoms with Crippen LogP contribution < -0.4 is 0 Å². The van der Waals surface area contributed by atoms with E-state index in [9.17, 15) is 20.0 Å². The van der Waals surface area contributed by atoms with Gasteiger partial charge in [0.15, 0.2) is 5.69 Å². The average molecular weight is 375 g/mol. The minimum atomic E-state index is -0.608. The Balaban J connectivity index is 1.73. The molecule has 0 radical (unpaired) electrons. The molecule has 4 aromatic rings. The number of aromatic nitrogens is 2. The van der Waals surface area contributed by atoms with Crippen molar-refractivity contribution in [3.8, 4) is 11.6 Å². The summed E-state index contributed by atoms with van der Waals surface area (Å²) in [5.41, 5.74) is 1.21. The summed E-state index contributed by atoms with van der Waals surface area (Å²) in [5.74, 6) is -0.936. The molecule has 2 N–H and O–H groups in total. The van der Waals surface area contributed by atoms with Crippen LogP contribution in [0.1, 0.15) is 10.4 Å². The van der Waals surface area contributed by atoms with Crippen LogP contribution in [0.3, 0.4) is 0 Å². The van der Waals surface area contributed by atoms with Gasteiger partial charge in [0.05, 0.1) is 21.7 Å². The zero-order valence-corrected chi connectivity index (χ0v) is 14.3. The molecule has 0 atom stereocenters. The number of fused-ring (bicyclic) bond motifs is 1. The highest BCUT2D eigenvalue weighted by Gasteiger charge is 2.16. The number of nitro groups is 1. The van der Waals surface area contributed by atoms with Crippen LogP contribution in [0.2, 0.25) is 0 Å². The number of carbonyl (C=O) groups excluding carboxylic acids is 1. The van der Waals surface area contributed by atoms with E-state index in [4.69, 9.17) is 0 Å². The predicted octanol–water partition coefficient (Wildman–Crippen LogP) is 4.50. The summed E-state index contributed by atoms with van der Waals surface area (Å²) in [5, 5.41) is 28.9. The number of nitro benzene ring substituents is 1. The van der Waals surface area contributed by atoms with E-state index in [1.165, 1.54) is 18.2 Å². The molecular formula is C19H13N5O4. The summed E-state index contributed by atoms with van der Waals surface area (Å²) >= 11 is 0. The van der Waals surface area contributed by atoms with Crippen molar-refractivity contribution >= 4 is 28.2 Å². The number of nitrogens with one attached hydrogen (secondary N) is 1. The van der Waals surface area contributed by atoms with Gasteiger partial charge in [-0.05, 0) is 30.3 Å². The summed E-state index contributed by atoms with van der Waals surface area (Å²) in [6.07, 6.45) is 3.60. The molecule has 0 spiro atoms. The third-order valence-corrected chi connectivity index (χ3v) is 4.20. The number of H-pyrrole nitrogens is 1. The Labute approximate surface area is 157 Å². The molecule has 28 heavy (non-hydrogen) atoms. The molecule has 2 aromatic heterocycles. The number of aromatic amines is 1. The number of hydrogen-bond donors (Lipinski definition) is 2. The lowest BCUT2D eigenvalue weighted by Crippen LogP contribution is -2.02. The molecule has 9 heteroatoms. The van der Waals surface area contributed by atoms with E-state index >= 15 is 0 Å². The fraction of sp³-hybridized carbons (Fsp3) is 0. The SMILES string of the molecule is O=C(N=Nc1c(O)[nH]c2ccc([N+](=O)[O-])cc12)c1ccccc1-n1cccc1. The Hall–Kier alpha value is -4.27. The first-order valence-electron chi connectivity index (χ1n) is 8.22. The van der Waals surface area contributed by atoms with Gasteiger partial charge in [-0.25, -0.2) is 0 Å². The first-order valence-corrected chi connectivity index (χ1v) is 8.22. The second-order valence-electron chi connectivity index (χ2n) is 5.92. The molecule has 0 aliphatic carbocycles. The van der Waals surface area contributed by atoms with Gasteiger partial charge >= 0.3 is 0 Å². The zero-order chi connectivity index (χ0) is 19.7. The molecule has 0 unspecified atom stereocenters. The van der Waals surface area contributed by atoms with Crippen molar-refractivity contribution in [2.45, 2.75) is 0 Å². The Morgan fingerprint density at radius 3 is 2.61 bits per heavy atom. The monoisotopic (exact) mass is 375 g/mol. The summed E-state index contributed by atoms with van der Waals surface area (Å²) in [4.78, 5) is 25.7. The largest absolute Gasteiger partial charge is 0.493 e. The highest BCUT2D eigenvalue weighted by Crippen LogP contribution is 2.37. The van der Waals surface area contributed by atoms with Gasteiger partial charge in [0.2, 0.25) is 5.88 Å². The third-order valence-electron chi connectivity index (χ3n) is 4.20. The van der Waals surface area contributed by atoms with E-state index < -0.39 is 10.8 Å². The molecule has 2 heterocycles. The van der Waals surface area contributed by atoms with Crippen molar-refractivity contribution in [2.75, 3.05) is 0 Å². The zero-order valence-electron chi connectivity index (χ0n) is 14.3. The van der Waals surface area contributed by atoms with Gasteiger partial charge in [-0.1, -0.05) is 12.1 Å². The van der Waals surface area contributed by atoms with Crippen molar-refractivity contribution in [3.05, 3.63) is 82.7 Å². The maximum absolute atomic E-state index is 12.6. The van der Waals surface area contributed by atoms with E-state index in [2.05, 4.69) is 15.2 Å². The molecule has 1 amide bonds. The Morgan fingerprint density at radius 1 is 1.11 bits per heavy atom. The number of amides is 1. The first-order chi connectivity index (χ1) is 13.5. The average Bonchev–Trinajstić information content (AvgIpc) is 3.33. The number of rotatable bonds is 4. The molecule has 138 valence electrons. The van der Waals surface area contributed by atoms with Crippen LogP contribution in [-0.2, 0) is 0 Å². The highest BCUT2D eigenvalue weighted by molar-refractivity contribution is 5.99. The fourth-order valence-corrected chi connectivity index (χ4v) is 2.89. The minimum absolute atomic E-state index is 0.0366. The molecule has 0 saturated carbocycles. The van der Waals surface area contributed by atoms with Crippen LogP contribution in [0.5, 0.6) is 5.88 Å². The van der Waals surface area contributed by atoms with Crippen molar-refractivity contribution in [3.63, 3.8) is 0 Å². The highest BCUT2D eigenvalue weighted by atomic mass is 16.6. The fourth-order valence-electron chi connectivity index (χ4n) is 2.89. The minimum Gasteiger partial charge on any atom is -0.493 e. The van der Waals surface area contributed by atoms with Crippen LogP contribution in [-0.4, -0.2) is 25.5 Å². The molecule has 0 bridgehead atoms. The Bertz CT molecular complexity index is 1220. The summed E-state index contributed by atoms with van der Waals surface area (Å²) in [6, 6.07) is 14.6. The van der Waals surface area contributed by atoms with Crippen molar-refractivity contribution in [1.82, 2.24) is 9.55 Å². The van der Waals surface area contributed by atoms with E-state index in [0.29, 0.717) is 22.2 Å². The van der Waals surface area contributed by atoms with Gasteiger partial charge in [0, 0.05) is 29.9 Å². The molecule has 0 fully saturated rings. The van der Waals surface area contributed by atoms with E-state index in [1.54, 1.807) is 41.2 Å². The quantitative estimate of drug-likeness (QED) is 0.309. The van der Waals surface area contributed by atoms with Gasteiger partial charge in [-0.15, -0.1) is 10.2 Å². The van der Waals surface area contributed by atoms with Gasteiger partial charge in [0.25, 0.3) is 11.6 Å². The van der Waals surface area contributed by atoms with Crippen LogP contribution >= 0.6 is 0 Å². The summed E-state index contributed by atoms with van der Waals surface area (Å²) < 4.78 is 1.77. The second kappa shape index (κ2) is 6.80. The third kappa shape index (κ3) is 3.01. The topological polar surface area (TPSA) is 126 Å². The van der Waals surface area contributed by atoms with Gasteiger partial charge in [-0.2, -0.15) is 0 Å². The maximum atomic E-state index is 12.6. The second-order valence-corrected chi connectivity index (χ2v) is 5.92. The molecular weight excluding hydrogens is 362 g/mol. The van der Waals surface area contributed by atoms with E-state index in [0.717, 1.165) is 0 Å². The van der Waals surface area contributed by atoms with Gasteiger partial charge in [-0.3, -0.25) is 14.9 Å². The van der Waals surface area contributed by atoms with Crippen molar-refractivity contribution < 1.29 is 14.8 Å². The number of benzene rings is 2. The molecule has 4 rings (SSSR count). The summed E-state index contributed by atoms with van der Waals surface area (Å²) in [7, 11) is 0. The normalized spacial score (nSPS) is 11.3. The number of non-ortho nitro benzene ring substituents is 1. The van der Waals surface area contributed by atoms with Gasteiger partial charge < -0.3 is 14.7 Å². The number of nitrogens with zero attached hydrogens (tertiary/aromatic N) is 4. The smallest absolute Gasteiger partial charge is 0.297 e. The number of azo groups is 1. The van der Waals surface area contributed by atoms with Crippen LogP contribution in [0, 0.1) is 10.1 Å². The first kappa shape index (κ1) is 17.2. The van der Waals surface area contributed by atoms with E-state index in [1.807, 2.05) is 12.1 Å². The van der Waals surface area contributed by atoms with Crippen LogP contribution in [0.4, 0.5) is 11.4 Å². The molecule has 2 aromatic carbocycles. The Morgan fingerprint density at radius 2 is 1.86 bits per heavy atom. The molecule has 0 aliphatic rings. The number of carbonyl (C=O) groups is 1. The molecule has 0 aliphatic heterocycles. The number of para-hydroxylation sites is 1. The number of hydrogen-bond acceptors (Lipinski definition) is 5. The summed E-state index contributed by atoms with van der Waals surface area (Å²) in [6.45, 7) is 0. The maximum Gasteiger partial charge on any atom is 0.297 e. The lowest BCUT2D eigenvalue weighted by Gasteiger charge is -2.06. The standard InChI is InChI=1S/C19H13N5O4/c25-18(13-5-1-2-6-16(13)23-9-3-4-10-23)22-21-17-14-11-12(24(27)28)7-8-15(14)20-19(17)26/h1-11,20,26H. The van der Waals surface area contributed by atoms with E-state index in [-0.39, 0.29) is 17.3 Å². The molecule has 9 nitrogen and oxygen atoms in total. The van der Waals surface area contributed by atoms with Crippen LogP contribution in [0.15, 0.2) is 77.2 Å². The van der Waals surface area contributed by atoms with Gasteiger partial charge in [0.1, 0.15) is 0 Å². The lowest BCUT2D eigenvalue weighted by atomic mass is 10.1. The lowest BCUT2D eigenvalue weighted by molar-refractivity contribution is -0.384. The van der Waals surface area contributed by atoms with Crippen molar-refractivity contribution in [2.24, 2.45) is 10.2 Å². The predicted molar refractivity (Wildman–Crippen MR) is 101 cm³/mol.